The first-order valence-electron chi connectivity index (χ1n) is 5.82. The highest BCUT2D eigenvalue weighted by atomic mass is 16.6. The van der Waals surface area contributed by atoms with Gasteiger partial charge in [0, 0.05) is 13.1 Å². The van der Waals surface area contributed by atoms with Crippen LogP contribution in [0.1, 0.15) is 18.5 Å². The second-order valence-corrected chi connectivity index (χ2v) is 4.03. The molecule has 0 saturated carbocycles. The number of ether oxygens (including phenoxy) is 1. The van der Waals surface area contributed by atoms with E-state index in [0.717, 1.165) is 12.2 Å². The number of nitrogens with one attached hydrogen (secondary N) is 1. The summed E-state index contributed by atoms with van der Waals surface area (Å²) in [5.74, 6) is 0. The number of hydrogen-bond acceptors (Lipinski definition) is 5. The highest BCUT2D eigenvalue weighted by Gasteiger charge is 2.11. The van der Waals surface area contributed by atoms with E-state index >= 15 is 0 Å². The molecule has 1 saturated heterocycles. The lowest BCUT2D eigenvalue weighted by atomic mass is 10.4. The summed E-state index contributed by atoms with van der Waals surface area (Å²) >= 11 is 0. The Morgan fingerprint density at radius 2 is 2.31 bits per heavy atom. The van der Waals surface area contributed by atoms with E-state index < -0.39 is 0 Å². The third kappa shape index (κ3) is 3.21. The van der Waals surface area contributed by atoms with Crippen LogP contribution in [-0.2, 0) is 6.54 Å². The molecular formula is C11H19N3O2. The van der Waals surface area contributed by atoms with Crippen LogP contribution in [-0.4, -0.2) is 43.2 Å². The molecule has 0 unspecified atom stereocenters. The van der Waals surface area contributed by atoms with E-state index in [2.05, 4.69) is 15.2 Å². The van der Waals surface area contributed by atoms with Crippen molar-refractivity contribution in [1.82, 2.24) is 15.2 Å². The zero-order valence-electron chi connectivity index (χ0n) is 9.74. The van der Waals surface area contributed by atoms with Gasteiger partial charge in [0.15, 0.2) is 0 Å². The quantitative estimate of drug-likeness (QED) is 0.778. The van der Waals surface area contributed by atoms with Gasteiger partial charge in [-0.05, 0) is 33.0 Å². The molecule has 0 atom stereocenters. The van der Waals surface area contributed by atoms with Crippen LogP contribution >= 0.6 is 0 Å². The Kier molecular flexibility index (Phi) is 4.18. The van der Waals surface area contributed by atoms with Gasteiger partial charge in [-0.2, -0.15) is 4.98 Å². The SMILES string of the molecule is CNCc1coc(OCCN2CCCC2)n1. The molecule has 5 heteroatoms. The van der Waals surface area contributed by atoms with Crippen LogP contribution in [0.4, 0.5) is 0 Å². The molecule has 1 aliphatic heterocycles. The van der Waals surface area contributed by atoms with Crippen LogP contribution in [0.5, 0.6) is 6.08 Å². The van der Waals surface area contributed by atoms with Crippen LogP contribution in [0.2, 0.25) is 0 Å². The molecule has 5 nitrogen and oxygen atoms in total. The van der Waals surface area contributed by atoms with Gasteiger partial charge in [0.2, 0.25) is 0 Å². The fourth-order valence-electron chi connectivity index (χ4n) is 1.89. The van der Waals surface area contributed by atoms with E-state index in [0.29, 0.717) is 19.2 Å². The Labute approximate surface area is 95.8 Å². The van der Waals surface area contributed by atoms with E-state index in [1.54, 1.807) is 6.26 Å². The summed E-state index contributed by atoms with van der Waals surface area (Å²) < 4.78 is 10.6. The molecule has 1 fully saturated rings. The highest BCUT2D eigenvalue weighted by Crippen LogP contribution is 2.11. The van der Waals surface area contributed by atoms with E-state index in [9.17, 15) is 0 Å². The molecule has 0 radical (unpaired) electrons. The summed E-state index contributed by atoms with van der Waals surface area (Å²) in [5, 5.41) is 3.01. The summed E-state index contributed by atoms with van der Waals surface area (Å²) in [6, 6.07) is 0. The minimum atomic E-state index is 0.379. The monoisotopic (exact) mass is 225 g/mol. The third-order valence-electron chi connectivity index (χ3n) is 2.72. The van der Waals surface area contributed by atoms with Crippen molar-refractivity contribution in [2.24, 2.45) is 0 Å². The van der Waals surface area contributed by atoms with Crippen LogP contribution in [0.15, 0.2) is 10.7 Å². The smallest absolute Gasteiger partial charge is 0.393 e. The van der Waals surface area contributed by atoms with Crippen molar-refractivity contribution in [3.63, 3.8) is 0 Å². The Bertz CT molecular complexity index is 308. The van der Waals surface area contributed by atoms with Crippen molar-refractivity contribution < 1.29 is 9.15 Å². The Balaban J connectivity index is 1.67. The van der Waals surface area contributed by atoms with Crippen molar-refractivity contribution in [3.8, 4) is 6.08 Å². The van der Waals surface area contributed by atoms with Crippen LogP contribution in [0.25, 0.3) is 0 Å². The van der Waals surface area contributed by atoms with E-state index in [1.807, 2.05) is 7.05 Å². The van der Waals surface area contributed by atoms with Gasteiger partial charge in [0.25, 0.3) is 0 Å². The Morgan fingerprint density at radius 3 is 3.06 bits per heavy atom. The van der Waals surface area contributed by atoms with Gasteiger partial charge in [-0.15, -0.1) is 0 Å². The maximum absolute atomic E-state index is 5.45. The molecule has 1 aromatic heterocycles. The highest BCUT2D eigenvalue weighted by molar-refractivity contribution is 4.99. The van der Waals surface area contributed by atoms with Crippen LogP contribution in [0, 0.1) is 0 Å². The van der Waals surface area contributed by atoms with E-state index in [4.69, 9.17) is 9.15 Å². The predicted octanol–water partition coefficient (Wildman–Crippen LogP) is 0.869. The topological polar surface area (TPSA) is 50.5 Å². The molecule has 2 rings (SSSR count). The van der Waals surface area contributed by atoms with Gasteiger partial charge in [0.05, 0.1) is 5.69 Å². The van der Waals surface area contributed by atoms with E-state index in [1.165, 1.54) is 25.9 Å². The molecule has 0 spiro atoms. The Morgan fingerprint density at radius 1 is 1.50 bits per heavy atom. The second-order valence-electron chi connectivity index (χ2n) is 4.03. The summed E-state index contributed by atoms with van der Waals surface area (Å²) in [5.41, 5.74) is 0.874. The van der Waals surface area contributed by atoms with Crippen molar-refractivity contribution in [3.05, 3.63) is 12.0 Å². The van der Waals surface area contributed by atoms with Crippen molar-refractivity contribution in [1.29, 1.82) is 0 Å². The molecule has 1 N–H and O–H groups in total. The fourth-order valence-corrected chi connectivity index (χ4v) is 1.89. The largest absolute Gasteiger partial charge is 0.449 e. The molecule has 0 amide bonds. The Hall–Kier alpha value is -1.07. The summed E-state index contributed by atoms with van der Waals surface area (Å²) in [4.78, 5) is 6.59. The zero-order chi connectivity index (χ0) is 11.2. The molecule has 0 aromatic carbocycles. The zero-order valence-corrected chi connectivity index (χ0v) is 9.74. The molecule has 1 aromatic rings. The maximum Gasteiger partial charge on any atom is 0.393 e. The van der Waals surface area contributed by atoms with Gasteiger partial charge in [0.1, 0.15) is 12.9 Å². The molecule has 1 aliphatic rings. The van der Waals surface area contributed by atoms with Gasteiger partial charge in [-0.25, -0.2) is 0 Å². The second kappa shape index (κ2) is 5.86. The van der Waals surface area contributed by atoms with Crippen molar-refractivity contribution >= 4 is 0 Å². The van der Waals surface area contributed by atoms with Gasteiger partial charge < -0.3 is 14.5 Å². The van der Waals surface area contributed by atoms with Gasteiger partial charge in [-0.3, -0.25) is 4.90 Å². The first-order chi connectivity index (χ1) is 7.88. The number of nitrogens with zero attached hydrogens (tertiary/aromatic N) is 2. The van der Waals surface area contributed by atoms with Crippen molar-refractivity contribution in [2.45, 2.75) is 19.4 Å². The van der Waals surface area contributed by atoms with Gasteiger partial charge in [-0.1, -0.05) is 0 Å². The molecule has 0 aliphatic carbocycles. The lowest BCUT2D eigenvalue weighted by molar-refractivity contribution is 0.191. The minimum absolute atomic E-state index is 0.379. The number of likely N-dealkylation sites (tertiary alicyclic amines) is 1. The molecule has 2 heterocycles. The lowest BCUT2D eigenvalue weighted by Gasteiger charge is -2.13. The predicted molar refractivity (Wildman–Crippen MR) is 60.4 cm³/mol. The minimum Gasteiger partial charge on any atom is -0.449 e. The molecule has 16 heavy (non-hydrogen) atoms. The normalized spacial score (nSPS) is 16.8. The summed E-state index contributed by atoms with van der Waals surface area (Å²) in [6.07, 6.45) is 4.63. The van der Waals surface area contributed by atoms with Crippen LogP contribution in [0.3, 0.4) is 0 Å². The summed E-state index contributed by atoms with van der Waals surface area (Å²) in [7, 11) is 1.88. The van der Waals surface area contributed by atoms with Crippen LogP contribution < -0.4 is 10.1 Å². The van der Waals surface area contributed by atoms with E-state index in [-0.39, 0.29) is 0 Å². The fraction of sp³-hybridized carbons (Fsp3) is 0.727. The first-order valence-corrected chi connectivity index (χ1v) is 5.82. The standard InChI is InChI=1S/C11H19N3O2/c1-12-8-10-9-16-11(13-10)15-7-6-14-4-2-3-5-14/h9,12H,2-8H2,1H3. The molecule has 0 bridgehead atoms. The first kappa shape index (κ1) is 11.4. The molecule has 90 valence electrons. The maximum atomic E-state index is 5.45. The molecular weight excluding hydrogens is 206 g/mol. The number of rotatable bonds is 6. The lowest BCUT2D eigenvalue weighted by Crippen LogP contribution is -2.25. The average molecular weight is 225 g/mol. The number of aromatic nitrogens is 1. The average Bonchev–Trinajstić information content (AvgIpc) is 2.90. The van der Waals surface area contributed by atoms with Gasteiger partial charge >= 0.3 is 6.08 Å². The van der Waals surface area contributed by atoms with Crippen molar-refractivity contribution in [2.75, 3.05) is 33.3 Å². The third-order valence-corrected chi connectivity index (χ3v) is 2.72. The number of hydrogen-bond donors (Lipinski definition) is 1. The number of oxazole rings is 1. The summed E-state index contributed by atoms with van der Waals surface area (Å²) in [6.45, 7) is 4.71.